The van der Waals surface area contributed by atoms with Crippen LogP contribution in [0.2, 0.25) is 0 Å². The van der Waals surface area contributed by atoms with Crippen molar-refractivity contribution >= 4 is 5.97 Å². The van der Waals surface area contributed by atoms with E-state index in [-0.39, 0.29) is 11.7 Å². The maximum absolute atomic E-state index is 11.3. The molecule has 4 N–H and O–H groups in total. The van der Waals surface area contributed by atoms with Gasteiger partial charge in [-0.25, -0.2) is 0 Å². The number of hydrogen-bond donors (Lipinski definition) is 1. The first kappa shape index (κ1) is 24.5. The van der Waals surface area contributed by atoms with Gasteiger partial charge in [0.1, 0.15) is 5.75 Å². The predicted octanol–water partition coefficient (Wildman–Crippen LogP) is 5.65. The zero-order valence-corrected chi connectivity index (χ0v) is 17.6. The maximum Gasteiger partial charge on any atom is 0.131 e. The lowest BCUT2D eigenvalue weighted by molar-refractivity contribution is -0.255. The van der Waals surface area contributed by atoms with Gasteiger partial charge in [-0.15, -0.1) is 0 Å². The van der Waals surface area contributed by atoms with E-state index in [0.717, 1.165) is 29.5 Å². The highest BCUT2D eigenvalue weighted by molar-refractivity contribution is 5.90. The van der Waals surface area contributed by atoms with Crippen molar-refractivity contribution in [2.24, 2.45) is 0 Å². The van der Waals surface area contributed by atoms with Gasteiger partial charge in [0.25, 0.3) is 0 Å². The minimum Gasteiger partial charge on any atom is -0.545 e. The summed E-state index contributed by atoms with van der Waals surface area (Å²) in [5, 5.41) is 11.3. The van der Waals surface area contributed by atoms with E-state index in [2.05, 4.69) is 6.92 Å². The number of rotatable bonds is 13. The number of aromatic carboxylic acids is 1. The largest absolute Gasteiger partial charge is 0.545 e. The van der Waals surface area contributed by atoms with Crippen LogP contribution in [0, 0.1) is 20.8 Å². The molecule has 0 heterocycles. The Morgan fingerprint density at radius 3 is 1.88 bits per heavy atom. The summed E-state index contributed by atoms with van der Waals surface area (Å²) in [5.41, 5.74) is 3.13. The summed E-state index contributed by atoms with van der Waals surface area (Å²) in [6.07, 6.45) is 12.7. The highest BCUT2D eigenvalue weighted by Gasteiger charge is 2.12. The molecule has 4 heteroatoms. The smallest absolute Gasteiger partial charge is 0.131 e. The second-order valence-corrected chi connectivity index (χ2v) is 7.14. The van der Waals surface area contributed by atoms with Crippen LogP contribution in [0.3, 0.4) is 0 Å². The van der Waals surface area contributed by atoms with Crippen LogP contribution < -0.4 is 16.0 Å². The number of carbonyl (C=O) groups is 1. The van der Waals surface area contributed by atoms with Crippen LogP contribution in [0.4, 0.5) is 0 Å². The van der Waals surface area contributed by atoms with Gasteiger partial charge in [-0.3, -0.25) is 0 Å². The minimum absolute atomic E-state index is 0. The van der Waals surface area contributed by atoms with Crippen molar-refractivity contribution in [3.8, 4) is 5.75 Å². The summed E-state index contributed by atoms with van der Waals surface area (Å²) in [4.78, 5) is 11.3. The van der Waals surface area contributed by atoms with E-state index in [0.29, 0.717) is 12.4 Å². The standard InChI is InChI=1S/C22H36O3.H3N/c1-5-6-7-8-9-10-11-12-13-14-15-25-21-19(4)18(3)17(2)16-20(21)22(23)24;/h16H,5-15H2,1-4H3,(H,23,24);1H3. The van der Waals surface area contributed by atoms with Gasteiger partial charge in [-0.05, 0) is 49.9 Å². The first-order valence-corrected chi connectivity index (χ1v) is 9.94. The van der Waals surface area contributed by atoms with Crippen molar-refractivity contribution in [3.05, 3.63) is 28.3 Å². The van der Waals surface area contributed by atoms with Gasteiger partial charge in [0.2, 0.25) is 0 Å². The van der Waals surface area contributed by atoms with Crippen molar-refractivity contribution in [2.45, 2.75) is 91.9 Å². The van der Waals surface area contributed by atoms with Gasteiger partial charge < -0.3 is 20.8 Å². The van der Waals surface area contributed by atoms with Gasteiger partial charge in [0.05, 0.1) is 12.6 Å². The third-order valence-electron chi connectivity index (χ3n) is 5.06. The quantitative estimate of drug-likeness (QED) is 0.458. The highest BCUT2D eigenvalue weighted by atomic mass is 16.5. The molecule has 0 radical (unpaired) electrons. The normalized spacial score (nSPS) is 10.5. The van der Waals surface area contributed by atoms with Crippen LogP contribution in [0.25, 0.3) is 0 Å². The number of carboxylic acid groups (broad SMARTS) is 1. The highest BCUT2D eigenvalue weighted by Crippen LogP contribution is 2.29. The lowest BCUT2D eigenvalue weighted by Crippen LogP contribution is -2.24. The molecular formula is C22H39NO3. The van der Waals surface area contributed by atoms with Crippen LogP contribution in [-0.4, -0.2) is 12.6 Å². The summed E-state index contributed by atoms with van der Waals surface area (Å²) < 4.78 is 5.82. The van der Waals surface area contributed by atoms with E-state index in [4.69, 9.17) is 4.74 Å². The van der Waals surface area contributed by atoms with Crippen molar-refractivity contribution in [2.75, 3.05) is 6.61 Å². The van der Waals surface area contributed by atoms with Crippen molar-refractivity contribution < 1.29 is 14.6 Å². The molecule has 1 aromatic carbocycles. The fourth-order valence-corrected chi connectivity index (χ4v) is 3.16. The van der Waals surface area contributed by atoms with Crippen LogP contribution in [0.1, 0.15) is 98.2 Å². The Morgan fingerprint density at radius 2 is 1.38 bits per heavy atom. The summed E-state index contributed by atoms with van der Waals surface area (Å²) in [7, 11) is 0. The zero-order chi connectivity index (χ0) is 18.7. The van der Waals surface area contributed by atoms with Gasteiger partial charge in [-0.1, -0.05) is 64.7 Å². The average molecular weight is 366 g/mol. The Labute approximate surface area is 159 Å². The molecule has 0 fully saturated rings. The van der Waals surface area contributed by atoms with E-state index in [9.17, 15) is 9.90 Å². The van der Waals surface area contributed by atoms with Gasteiger partial charge >= 0.3 is 0 Å². The van der Waals surface area contributed by atoms with Crippen LogP contribution >= 0.6 is 0 Å². The van der Waals surface area contributed by atoms with Gasteiger partial charge in [0.15, 0.2) is 0 Å². The van der Waals surface area contributed by atoms with Gasteiger partial charge in [0, 0.05) is 5.56 Å². The Kier molecular flexibility index (Phi) is 12.8. The Hall–Kier alpha value is -1.55. The van der Waals surface area contributed by atoms with E-state index in [1.54, 1.807) is 6.07 Å². The summed E-state index contributed by atoms with van der Waals surface area (Å²) in [5.74, 6) is -0.678. The van der Waals surface area contributed by atoms with Crippen molar-refractivity contribution in [1.29, 1.82) is 0 Å². The van der Waals surface area contributed by atoms with Crippen LogP contribution in [-0.2, 0) is 0 Å². The third kappa shape index (κ3) is 8.22. The Morgan fingerprint density at radius 1 is 0.885 bits per heavy atom. The summed E-state index contributed by atoms with van der Waals surface area (Å²) in [6.45, 7) is 8.65. The Balaban J connectivity index is 0.00000625. The predicted molar refractivity (Wildman–Crippen MR) is 108 cm³/mol. The topological polar surface area (TPSA) is 85.9 Å². The maximum atomic E-state index is 11.3. The Bertz CT molecular complexity index is 541. The molecule has 0 amide bonds. The number of ether oxygens (including phenoxy) is 1. The molecule has 0 aliphatic heterocycles. The number of carboxylic acids is 1. The van der Waals surface area contributed by atoms with E-state index < -0.39 is 5.97 Å². The molecule has 0 unspecified atom stereocenters. The molecule has 0 saturated heterocycles. The first-order chi connectivity index (χ1) is 12.0. The molecule has 26 heavy (non-hydrogen) atoms. The lowest BCUT2D eigenvalue weighted by atomic mass is 9.99. The number of benzene rings is 1. The van der Waals surface area contributed by atoms with Crippen LogP contribution in [0.15, 0.2) is 6.07 Å². The number of quaternary nitrogens is 1. The molecule has 0 atom stereocenters. The fourth-order valence-electron chi connectivity index (χ4n) is 3.16. The number of hydrogen-bond acceptors (Lipinski definition) is 3. The monoisotopic (exact) mass is 365 g/mol. The third-order valence-corrected chi connectivity index (χ3v) is 5.06. The number of unbranched alkanes of at least 4 members (excludes halogenated alkanes) is 9. The molecule has 0 spiro atoms. The van der Waals surface area contributed by atoms with E-state index >= 15 is 0 Å². The second-order valence-electron chi connectivity index (χ2n) is 7.14. The number of aryl methyl sites for hydroxylation is 1. The summed E-state index contributed by atoms with van der Waals surface area (Å²) in [6, 6.07) is 1.66. The lowest BCUT2D eigenvalue weighted by Gasteiger charge is -2.18. The molecule has 0 aromatic heterocycles. The fraction of sp³-hybridized carbons (Fsp3) is 0.682. The molecule has 4 nitrogen and oxygen atoms in total. The van der Waals surface area contributed by atoms with Crippen molar-refractivity contribution in [1.82, 2.24) is 6.15 Å². The average Bonchev–Trinajstić information content (AvgIpc) is 2.58. The molecule has 0 saturated carbocycles. The molecule has 0 aliphatic carbocycles. The van der Waals surface area contributed by atoms with Gasteiger partial charge in [-0.2, -0.15) is 0 Å². The first-order valence-electron chi connectivity index (χ1n) is 9.94. The minimum atomic E-state index is -1.16. The summed E-state index contributed by atoms with van der Waals surface area (Å²) >= 11 is 0. The zero-order valence-electron chi connectivity index (χ0n) is 17.6. The number of carbonyl (C=O) groups excluding carboxylic acids is 1. The van der Waals surface area contributed by atoms with Crippen molar-refractivity contribution in [3.63, 3.8) is 0 Å². The molecule has 1 aromatic rings. The molecular weight excluding hydrogens is 326 g/mol. The molecule has 0 bridgehead atoms. The SMILES string of the molecule is CCCCCCCCCCCCOc1c(C(=O)[O-])cc(C)c(C)c1C.[NH4+]. The molecule has 1 rings (SSSR count). The van der Waals surface area contributed by atoms with E-state index in [1.807, 2.05) is 20.8 Å². The van der Waals surface area contributed by atoms with Crippen LogP contribution in [0.5, 0.6) is 5.75 Å². The molecule has 150 valence electrons. The molecule has 0 aliphatic rings. The second kappa shape index (κ2) is 13.6. The van der Waals surface area contributed by atoms with E-state index in [1.165, 1.54) is 51.4 Å².